The van der Waals surface area contributed by atoms with E-state index in [9.17, 15) is 4.79 Å². The molecule has 0 bridgehead atoms. The van der Waals surface area contributed by atoms with Crippen LogP contribution in [0.2, 0.25) is 5.02 Å². The van der Waals surface area contributed by atoms with E-state index >= 15 is 0 Å². The first kappa shape index (κ1) is 16.9. The van der Waals surface area contributed by atoms with Crippen LogP contribution in [-0.2, 0) is 4.79 Å². The van der Waals surface area contributed by atoms with Gasteiger partial charge < -0.3 is 14.6 Å². The number of hydrogen-bond acceptors (Lipinski definition) is 4. The minimum absolute atomic E-state index is 0.309. The highest BCUT2D eigenvalue weighted by molar-refractivity contribution is 6.32. The molecule has 0 aliphatic rings. The Kier molecular flexibility index (Phi) is 6.57. The second-order valence-electron chi connectivity index (χ2n) is 4.09. The lowest BCUT2D eigenvalue weighted by Gasteiger charge is -2.14. The van der Waals surface area contributed by atoms with Crippen LogP contribution in [0.3, 0.4) is 0 Å². The molecule has 0 amide bonds. The second-order valence-corrected chi connectivity index (χ2v) is 4.49. The Morgan fingerprint density at radius 3 is 2.67 bits per heavy atom. The Labute approximate surface area is 128 Å². The van der Waals surface area contributed by atoms with E-state index in [1.165, 1.54) is 12.1 Å². The van der Waals surface area contributed by atoms with Crippen molar-refractivity contribution in [2.75, 3.05) is 13.2 Å². The Hall–Kier alpha value is -2.19. The van der Waals surface area contributed by atoms with Crippen molar-refractivity contribution in [3.8, 4) is 17.6 Å². The molecule has 1 aromatic carbocycles. The summed E-state index contributed by atoms with van der Waals surface area (Å²) < 4.78 is 11.0. The normalized spacial score (nSPS) is 10.9. The number of halogens is 1. The highest BCUT2D eigenvalue weighted by Gasteiger charge is 2.13. The van der Waals surface area contributed by atoms with Crippen molar-refractivity contribution >= 4 is 23.6 Å². The largest absolute Gasteiger partial charge is 0.490 e. The lowest BCUT2D eigenvalue weighted by molar-refractivity contribution is -0.132. The van der Waals surface area contributed by atoms with Crippen molar-refractivity contribution < 1.29 is 19.4 Å². The van der Waals surface area contributed by atoms with Crippen LogP contribution >= 0.6 is 11.6 Å². The molecule has 0 fully saturated rings. The molecule has 1 aromatic rings. The van der Waals surface area contributed by atoms with Crippen LogP contribution in [-0.4, -0.2) is 24.3 Å². The van der Waals surface area contributed by atoms with Crippen LogP contribution in [0.4, 0.5) is 0 Å². The zero-order chi connectivity index (χ0) is 15.8. The fourth-order valence-electron chi connectivity index (χ4n) is 1.59. The number of benzene rings is 1. The summed E-state index contributed by atoms with van der Waals surface area (Å²) in [7, 11) is 0. The number of nitriles is 1. The van der Waals surface area contributed by atoms with Crippen LogP contribution < -0.4 is 9.47 Å². The Balaban J connectivity index is 3.26. The summed E-state index contributed by atoms with van der Waals surface area (Å²) in [5.74, 6) is -0.448. The van der Waals surface area contributed by atoms with E-state index in [2.05, 4.69) is 0 Å². The van der Waals surface area contributed by atoms with Gasteiger partial charge in [-0.1, -0.05) is 18.5 Å². The highest BCUT2D eigenvalue weighted by atomic mass is 35.5. The molecule has 6 heteroatoms. The fourth-order valence-corrected chi connectivity index (χ4v) is 1.86. The smallest absolute Gasteiger partial charge is 0.346 e. The van der Waals surface area contributed by atoms with Gasteiger partial charge in [0.05, 0.1) is 18.2 Å². The summed E-state index contributed by atoms with van der Waals surface area (Å²) in [5.41, 5.74) is 0.0852. The number of nitrogens with zero attached hydrogens (tertiary/aromatic N) is 1. The predicted molar refractivity (Wildman–Crippen MR) is 79.6 cm³/mol. The molecular formula is C15H16ClNO4. The fraction of sp³-hybridized carbons (Fsp3) is 0.333. The lowest BCUT2D eigenvalue weighted by atomic mass is 10.1. The van der Waals surface area contributed by atoms with E-state index in [4.69, 9.17) is 31.4 Å². The van der Waals surface area contributed by atoms with Crippen molar-refractivity contribution in [3.63, 3.8) is 0 Å². The topological polar surface area (TPSA) is 79.5 Å². The SMILES string of the molecule is CCCOc1c(Cl)cc(/C=C(\C#N)C(=O)O)cc1OCC. The predicted octanol–water partition coefficient (Wildman–Crippen LogP) is 3.52. The Morgan fingerprint density at radius 1 is 1.43 bits per heavy atom. The third kappa shape index (κ3) is 4.69. The molecule has 0 atom stereocenters. The van der Waals surface area contributed by atoms with E-state index < -0.39 is 5.97 Å². The van der Waals surface area contributed by atoms with Gasteiger partial charge in [-0.3, -0.25) is 0 Å². The van der Waals surface area contributed by atoms with Crippen molar-refractivity contribution in [2.24, 2.45) is 0 Å². The summed E-state index contributed by atoms with van der Waals surface area (Å²) in [6, 6.07) is 4.75. The van der Waals surface area contributed by atoms with Gasteiger partial charge in [-0.05, 0) is 37.1 Å². The minimum atomic E-state index is -1.29. The van der Waals surface area contributed by atoms with Gasteiger partial charge in [-0.2, -0.15) is 5.26 Å². The maximum absolute atomic E-state index is 10.9. The number of hydrogen-bond donors (Lipinski definition) is 1. The molecule has 21 heavy (non-hydrogen) atoms. The highest BCUT2D eigenvalue weighted by Crippen LogP contribution is 2.37. The first-order valence-corrected chi connectivity index (χ1v) is 6.85. The van der Waals surface area contributed by atoms with Gasteiger partial charge in [0, 0.05) is 0 Å². The van der Waals surface area contributed by atoms with Crippen LogP contribution in [0, 0.1) is 11.3 Å². The van der Waals surface area contributed by atoms with Gasteiger partial charge in [-0.15, -0.1) is 0 Å². The Bertz CT molecular complexity index is 590. The number of carboxylic acid groups (broad SMARTS) is 1. The zero-order valence-electron chi connectivity index (χ0n) is 11.9. The van der Waals surface area contributed by atoms with Crippen LogP contribution in [0.1, 0.15) is 25.8 Å². The number of rotatable bonds is 7. The molecule has 1 N–H and O–H groups in total. The third-order valence-corrected chi connectivity index (χ3v) is 2.72. The second kappa shape index (κ2) is 8.18. The first-order chi connectivity index (χ1) is 10.0. The van der Waals surface area contributed by atoms with Crippen LogP contribution in [0.25, 0.3) is 6.08 Å². The molecule has 0 unspecified atom stereocenters. The molecule has 0 saturated carbocycles. The van der Waals surface area contributed by atoms with Gasteiger partial charge in [0.1, 0.15) is 11.6 Å². The molecule has 0 aromatic heterocycles. The standard InChI is InChI=1S/C15H16ClNO4/c1-3-5-21-14-12(16)7-10(8-13(14)20-4-2)6-11(9-17)15(18)19/h6-8H,3-5H2,1-2H3,(H,18,19)/b11-6+. The number of carbonyl (C=O) groups is 1. The molecular weight excluding hydrogens is 294 g/mol. The molecule has 0 saturated heterocycles. The molecule has 5 nitrogen and oxygen atoms in total. The summed E-state index contributed by atoms with van der Waals surface area (Å²) in [6.07, 6.45) is 2.06. The first-order valence-electron chi connectivity index (χ1n) is 6.47. The summed E-state index contributed by atoms with van der Waals surface area (Å²) >= 11 is 6.15. The summed E-state index contributed by atoms with van der Waals surface area (Å²) in [4.78, 5) is 10.9. The average Bonchev–Trinajstić information content (AvgIpc) is 2.44. The maximum atomic E-state index is 10.9. The van der Waals surface area contributed by atoms with Gasteiger partial charge in [-0.25, -0.2) is 4.79 Å². The van der Waals surface area contributed by atoms with E-state index in [0.29, 0.717) is 35.3 Å². The van der Waals surface area contributed by atoms with Gasteiger partial charge in [0.2, 0.25) is 0 Å². The molecule has 0 spiro atoms. The summed E-state index contributed by atoms with van der Waals surface area (Å²) in [5, 5.41) is 18.0. The van der Waals surface area contributed by atoms with Gasteiger partial charge in [0.15, 0.2) is 11.5 Å². The molecule has 112 valence electrons. The van der Waals surface area contributed by atoms with Crippen molar-refractivity contribution in [2.45, 2.75) is 20.3 Å². The van der Waals surface area contributed by atoms with Gasteiger partial charge in [0.25, 0.3) is 0 Å². The molecule has 0 aliphatic carbocycles. The minimum Gasteiger partial charge on any atom is -0.490 e. The van der Waals surface area contributed by atoms with Crippen molar-refractivity contribution in [1.29, 1.82) is 5.26 Å². The van der Waals surface area contributed by atoms with E-state index in [1.807, 2.05) is 13.8 Å². The van der Waals surface area contributed by atoms with E-state index in [-0.39, 0.29) is 5.57 Å². The zero-order valence-corrected chi connectivity index (χ0v) is 12.6. The summed E-state index contributed by atoms with van der Waals surface area (Å²) in [6.45, 7) is 4.69. The van der Waals surface area contributed by atoms with E-state index in [0.717, 1.165) is 6.42 Å². The maximum Gasteiger partial charge on any atom is 0.346 e. The van der Waals surface area contributed by atoms with E-state index in [1.54, 1.807) is 12.1 Å². The van der Waals surface area contributed by atoms with Crippen molar-refractivity contribution in [1.82, 2.24) is 0 Å². The van der Waals surface area contributed by atoms with Crippen LogP contribution in [0.15, 0.2) is 17.7 Å². The monoisotopic (exact) mass is 309 g/mol. The molecule has 0 radical (unpaired) electrons. The number of aliphatic carboxylic acids is 1. The molecule has 0 heterocycles. The average molecular weight is 310 g/mol. The molecule has 0 aliphatic heterocycles. The quantitative estimate of drug-likeness (QED) is 0.615. The lowest BCUT2D eigenvalue weighted by Crippen LogP contribution is -2.02. The Morgan fingerprint density at radius 2 is 2.14 bits per heavy atom. The molecule has 1 rings (SSSR count). The van der Waals surface area contributed by atoms with Crippen molar-refractivity contribution in [3.05, 3.63) is 28.3 Å². The van der Waals surface area contributed by atoms with Crippen LogP contribution in [0.5, 0.6) is 11.5 Å². The number of carboxylic acids is 1. The van der Waals surface area contributed by atoms with Gasteiger partial charge >= 0.3 is 5.97 Å². The number of ether oxygens (including phenoxy) is 2. The third-order valence-electron chi connectivity index (χ3n) is 2.44.